The molecule has 0 saturated heterocycles. The molecule has 1 heterocycles. The fraction of sp³-hybridized carbons (Fsp3) is 0.333. The van der Waals surface area contributed by atoms with E-state index in [1.807, 2.05) is 24.3 Å². The van der Waals surface area contributed by atoms with E-state index in [4.69, 9.17) is 4.74 Å². The number of Topliss-reactive ketones (excluding diaryl/α,β-unsaturated/α-hetero) is 1. The number of benzene rings is 1. The Balaban J connectivity index is 1.81. The Morgan fingerprint density at radius 3 is 2.86 bits per heavy atom. The summed E-state index contributed by atoms with van der Waals surface area (Å²) in [7, 11) is 1.39. The van der Waals surface area contributed by atoms with Crippen LogP contribution in [0.5, 0.6) is 0 Å². The lowest BCUT2D eigenvalue weighted by atomic mass is 9.93. The molecule has 1 atom stereocenters. The molecule has 1 aliphatic carbocycles. The number of aromatic amines is 1. The first-order valence-electron chi connectivity index (χ1n) is 7.48. The molecular weight excluding hydrogens is 278 g/mol. The number of rotatable bonds is 4. The van der Waals surface area contributed by atoms with Crippen LogP contribution in [0.2, 0.25) is 0 Å². The minimum absolute atomic E-state index is 0.0867. The summed E-state index contributed by atoms with van der Waals surface area (Å²) in [5.74, 6) is 0.141. The van der Waals surface area contributed by atoms with Crippen molar-refractivity contribution in [1.82, 2.24) is 4.98 Å². The lowest BCUT2D eigenvalue weighted by molar-refractivity contribution is 0.0594. The Kier molecular flexibility index (Phi) is 3.84. The maximum atomic E-state index is 11.6. The lowest BCUT2D eigenvalue weighted by Crippen LogP contribution is -2.03. The molecule has 1 unspecified atom stereocenters. The first kappa shape index (κ1) is 14.6. The third-order valence-corrected chi connectivity index (χ3v) is 4.34. The number of methoxy groups -OCH3 is 1. The largest absolute Gasteiger partial charge is 0.464 e. The smallest absolute Gasteiger partial charge is 0.354 e. The predicted molar refractivity (Wildman–Crippen MR) is 83.3 cm³/mol. The predicted octanol–water partition coefficient (Wildman–Crippen LogP) is 3.28. The molecule has 3 rings (SSSR count). The van der Waals surface area contributed by atoms with Crippen molar-refractivity contribution in [2.45, 2.75) is 32.1 Å². The summed E-state index contributed by atoms with van der Waals surface area (Å²) in [6.07, 6.45) is 2.89. The van der Waals surface area contributed by atoms with Gasteiger partial charge >= 0.3 is 5.97 Å². The monoisotopic (exact) mass is 297 g/mol. The number of aryl methyl sites for hydroxylation is 1. The summed E-state index contributed by atoms with van der Waals surface area (Å²) in [5, 5.41) is 0. The van der Waals surface area contributed by atoms with Gasteiger partial charge in [-0.1, -0.05) is 18.2 Å². The second-order valence-electron chi connectivity index (χ2n) is 5.80. The van der Waals surface area contributed by atoms with E-state index in [1.165, 1.54) is 12.7 Å². The normalized spacial score (nSPS) is 16.4. The number of H-pyrrole nitrogens is 1. The zero-order chi connectivity index (χ0) is 15.7. The van der Waals surface area contributed by atoms with Gasteiger partial charge in [0.05, 0.1) is 7.11 Å². The van der Waals surface area contributed by atoms with Gasteiger partial charge in [0.1, 0.15) is 5.69 Å². The molecule has 0 fully saturated rings. The highest BCUT2D eigenvalue weighted by Crippen LogP contribution is 2.36. The first-order chi connectivity index (χ1) is 10.6. The molecule has 0 bridgehead atoms. The number of ether oxygens (including phenoxy) is 1. The van der Waals surface area contributed by atoms with E-state index in [2.05, 4.69) is 11.1 Å². The number of fused-ring (bicyclic) bond motifs is 1. The average molecular weight is 297 g/mol. The number of hydrogen-bond donors (Lipinski definition) is 1. The SMILES string of the molecule is COC(=O)c1cc2c([nH]1)CCC2Cc1cccc(C(C)=O)c1. The molecule has 114 valence electrons. The lowest BCUT2D eigenvalue weighted by Gasteiger charge is -2.11. The number of aromatic nitrogens is 1. The summed E-state index contributed by atoms with van der Waals surface area (Å²) >= 11 is 0. The second kappa shape index (κ2) is 5.79. The van der Waals surface area contributed by atoms with E-state index in [1.54, 1.807) is 6.92 Å². The van der Waals surface area contributed by atoms with Crippen LogP contribution < -0.4 is 0 Å². The quantitative estimate of drug-likeness (QED) is 0.696. The van der Waals surface area contributed by atoms with Crippen molar-refractivity contribution in [2.75, 3.05) is 7.11 Å². The Morgan fingerprint density at radius 2 is 2.14 bits per heavy atom. The Labute approximate surface area is 129 Å². The van der Waals surface area contributed by atoms with Gasteiger partial charge in [-0.3, -0.25) is 4.79 Å². The summed E-state index contributed by atoms with van der Waals surface area (Å²) in [6.45, 7) is 1.58. The van der Waals surface area contributed by atoms with Crippen LogP contribution in [0, 0.1) is 0 Å². The van der Waals surface area contributed by atoms with Crippen LogP contribution >= 0.6 is 0 Å². The van der Waals surface area contributed by atoms with Gasteiger partial charge in [-0.05, 0) is 55.4 Å². The maximum absolute atomic E-state index is 11.6. The third-order valence-electron chi connectivity index (χ3n) is 4.34. The van der Waals surface area contributed by atoms with Crippen LogP contribution in [0.15, 0.2) is 30.3 Å². The number of hydrogen-bond acceptors (Lipinski definition) is 3. The van der Waals surface area contributed by atoms with Crippen molar-refractivity contribution in [3.05, 3.63) is 58.4 Å². The van der Waals surface area contributed by atoms with Crippen molar-refractivity contribution in [3.8, 4) is 0 Å². The molecule has 0 amide bonds. The first-order valence-corrected chi connectivity index (χ1v) is 7.48. The van der Waals surface area contributed by atoms with E-state index in [0.717, 1.165) is 36.1 Å². The van der Waals surface area contributed by atoms with Crippen LogP contribution in [0.3, 0.4) is 0 Å². The Bertz CT molecular complexity index is 730. The highest BCUT2D eigenvalue weighted by molar-refractivity contribution is 5.94. The molecule has 0 saturated carbocycles. The molecule has 1 N–H and O–H groups in total. The molecule has 1 aromatic heterocycles. The zero-order valence-corrected chi connectivity index (χ0v) is 12.8. The number of nitrogens with one attached hydrogen (secondary N) is 1. The van der Waals surface area contributed by atoms with E-state index in [-0.39, 0.29) is 11.8 Å². The molecule has 1 aliphatic rings. The molecule has 4 nitrogen and oxygen atoms in total. The van der Waals surface area contributed by atoms with Crippen molar-refractivity contribution < 1.29 is 14.3 Å². The van der Waals surface area contributed by atoms with Crippen molar-refractivity contribution in [2.24, 2.45) is 0 Å². The minimum Gasteiger partial charge on any atom is -0.464 e. The number of carbonyl (C=O) groups is 2. The summed E-state index contributed by atoms with van der Waals surface area (Å²) in [4.78, 5) is 26.3. The summed E-state index contributed by atoms with van der Waals surface area (Å²) in [5.41, 5.74) is 4.77. The van der Waals surface area contributed by atoms with E-state index in [0.29, 0.717) is 11.6 Å². The summed E-state index contributed by atoms with van der Waals surface area (Å²) < 4.78 is 4.76. The number of ketones is 1. The van der Waals surface area contributed by atoms with Gasteiger partial charge in [-0.2, -0.15) is 0 Å². The number of esters is 1. The minimum atomic E-state index is -0.327. The van der Waals surface area contributed by atoms with E-state index >= 15 is 0 Å². The molecule has 2 aromatic rings. The zero-order valence-electron chi connectivity index (χ0n) is 12.8. The van der Waals surface area contributed by atoms with Crippen LogP contribution in [0.25, 0.3) is 0 Å². The highest BCUT2D eigenvalue weighted by Gasteiger charge is 2.26. The fourth-order valence-electron chi connectivity index (χ4n) is 3.19. The molecule has 0 radical (unpaired) electrons. The van der Waals surface area contributed by atoms with Crippen molar-refractivity contribution >= 4 is 11.8 Å². The van der Waals surface area contributed by atoms with E-state index in [9.17, 15) is 9.59 Å². The third kappa shape index (κ3) is 2.69. The van der Waals surface area contributed by atoms with Crippen molar-refractivity contribution in [1.29, 1.82) is 0 Å². The van der Waals surface area contributed by atoms with Gasteiger partial charge in [0, 0.05) is 11.3 Å². The Morgan fingerprint density at radius 1 is 1.32 bits per heavy atom. The van der Waals surface area contributed by atoms with Crippen LogP contribution in [0.1, 0.15) is 56.9 Å². The topological polar surface area (TPSA) is 59.2 Å². The standard InChI is InChI=1S/C18H19NO3/c1-11(20)13-5-3-4-12(8-13)9-14-6-7-16-15(14)10-17(19-16)18(21)22-2/h3-5,8,10,14,19H,6-7,9H2,1-2H3. The molecule has 22 heavy (non-hydrogen) atoms. The Hall–Kier alpha value is -2.36. The van der Waals surface area contributed by atoms with Gasteiger partial charge in [-0.25, -0.2) is 4.79 Å². The summed E-state index contributed by atoms with van der Waals surface area (Å²) in [6, 6.07) is 9.71. The second-order valence-corrected chi connectivity index (χ2v) is 5.80. The molecule has 1 aromatic carbocycles. The van der Waals surface area contributed by atoms with Crippen LogP contribution in [-0.2, 0) is 17.6 Å². The van der Waals surface area contributed by atoms with Gasteiger partial charge < -0.3 is 9.72 Å². The molecule has 0 spiro atoms. The van der Waals surface area contributed by atoms with Gasteiger partial charge in [0.2, 0.25) is 0 Å². The molecular formula is C18H19NO3. The van der Waals surface area contributed by atoms with Gasteiger partial charge in [0.25, 0.3) is 0 Å². The molecule has 4 heteroatoms. The average Bonchev–Trinajstić information content (AvgIpc) is 3.09. The highest BCUT2D eigenvalue weighted by atomic mass is 16.5. The maximum Gasteiger partial charge on any atom is 0.354 e. The fourth-order valence-corrected chi connectivity index (χ4v) is 3.19. The number of carbonyl (C=O) groups excluding carboxylic acids is 2. The van der Waals surface area contributed by atoms with Gasteiger partial charge in [0.15, 0.2) is 5.78 Å². The van der Waals surface area contributed by atoms with Crippen molar-refractivity contribution in [3.63, 3.8) is 0 Å². The van der Waals surface area contributed by atoms with E-state index < -0.39 is 0 Å². The molecule has 0 aliphatic heterocycles. The van der Waals surface area contributed by atoms with Crippen LogP contribution in [0.4, 0.5) is 0 Å². The van der Waals surface area contributed by atoms with Gasteiger partial charge in [-0.15, -0.1) is 0 Å². The van der Waals surface area contributed by atoms with Crippen LogP contribution in [-0.4, -0.2) is 23.8 Å².